The summed E-state index contributed by atoms with van der Waals surface area (Å²) < 4.78 is 0. The Hall–Kier alpha value is -2.86. The number of carbonyl (C=O) groups excluding carboxylic acids is 2. The molecule has 144 valence electrons. The smallest absolute Gasteiger partial charge is 0.243 e. The number of nitrogens with one attached hydrogen (secondary N) is 3. The molecule has 0 radical (unpaired) electrons. The van der Waals surface area contributed by atoms with Gasteiger partial charge >= 0.3 is 0 Å². The molecule has 0 fully saturated rings. The van der Waals surface area contributed by atoms with Gasteiger partial charge in [-0.2, -0.15) is 0 Å². The summed E-state index contributed by atoms with van der Waals surface area (Å²) in [5.74, 6) is -0.598. The van der Waals surface area contributed by atoms with Crippen molar-refractivity contribution in [1.29, 1.82) is 0 Å². The highest BCUT2D eigenvalue weighted by atomic mass is 16.2. The first-order valence-corrected chi connectivity index (χ1v) is 9.11. The van der Waals surface area contributed by atoms with Crippen LogP contribution in [0.4, 0.5) is 11.4 Å². The van der Waals surface area contributed by atoms with Crippen LogP contribution < -0.4 is 21.7 Å². The molecule has 2 aromatic rings. The van der Waals surface area contributed by atoms with Crippen LogP contribution in [-0.2, 0) is 9.59 Å². The fraction of sp³-hybridized carbons (Fsp3) is 0.333. The van der Waals surface area contributed by atoms with Crippen LogP contribution in [0.1, 0.15) is 32.4 Å². The Kier molecular flexibility index (Phi) is 7.37. The third kappa shape index (κ3) is 6.42. The zero-order valence-electron chi connectivity index (χ0n) is 16.0. The molecular formula is C21H28N4O2. The van der Waals surface area contributed by atoms with Crippen molar-refractivity contribution in [2.75, 3.05) is 17.2 Å². The molecule has 0 aromatic heterocycles. The molecule has 6 heteroatoms. The Morgan fingerprint density at radius 1 is 0.926 bits per heavy atom. The van der Waals surface area contributed by atoms with Gasteiger partial charge in [-0.3, -0.25) is 9.59 Å². The van der Waals surface area contributed by atoms with Gasteiger partial charge < -0.3 is 21.7 Å². The number of amides is 2. The minimum absolute atomic E-state index is 0.0198. The molecular weight excluding hydrogens is 340 g/mol. The lowest BCUT2D eigenvalue weighted by atomic mass is 10.1. The first-order valence-electron chi connectivity index (χ1n) is 9.11. The monoisotopic (exact) mass is 368 g/mol. The zero-order chi connectivity index (χ0) is 19.8. The number of rotatable bonds is 8. The van der Waals surface area contributed by atoms with Crippen molar-refractivity contribution in [2.24, 2.45) is 11.7 Å². The molecule has 0 spiro atoms. The predicted molar refractivity (Wildman–Crippen MR) is 109 cm³/mol. The van der Waals surface area contributed by atoms with Crippen molar-refractivity contribution in [2.45, 2.75) is 32.9 Å². The molecule has 0 heterocycles. The lowest BCUT2D eigenvalue weighted by Gasteiger charge is -2.16. The van der Waals surface area contributed by atoms with Gasteiger partial charge in [-0.1, -0.05) is 44.2 Å². The lowest BCUT2D eigenvalue weighted by molar-refractivity contribution is -0.125. The van der Waals surface area contributed by atoms with Gasteiger partial charge in [0.05, 0.1) is 12.6 Å². The highest BCUT2D eigenvalue weighted by molar-refractivity contribution is 5.95. The second kappa shape index (κ2) is 9.73. The lowest BCUT2D eigenvalue weighted by Crippen LogP contribution is -2.46. The molecule has 0 saturated heterocycles. The highest BCUT2D eigenvalue weighted by Crippen LogP contribution is 2.20. The van der Waals surface area contributed by atoms with Gasteiger partial charge in [-0.05, 0) is 42.7 Å². The van der Waals surface area contributed by atoms with E-state index in [4.69, 9.17) is 5.73 Å². The Labute approximate surface area is 160 Å². The molecule has 2 atom stereocenters. The molecule has 2 amide bonds. The van der Waals surface area contributed by atoms with Crippen molar-refractivity contribution in [3.63, 3.8) is 0 Å². The van der Waals surface area contributed by atoms with Crippen LogP contribution in [0.3, 0.4) is 0 Å². The van der Waals surface area contributed by atoms with Crippen LogP contribution in [0, 0.1) is 5.92 Å². The molecule has 0 bridgehead atoms. The first kappa shape index (κ1) is 20.5. The SMILES string of the molecule is CC(Nc1ccc(NC(=O)CNC(=O)[C@@H](N)C(C)C)cc1)c1ccccc1. The molecule has 5 N–H and O–H groups in total. The van der Waals surface area contributed by atoms with Gasteiger partial charge in [0.25, 0.3) is 0 Å². The van der Waals surface area contributed by atoms with E-state index < -0.39 is 6.04 Å². The second-order valence-electron chi connectivity index (χ2n) is 6.89. The standard InChI is InChI=1S/C21H28N4O2/c1-14(2)20(22)21(27)23-13-19(26)25-18-11-9-17(10-12-18)24-15(3)16-7-5-4-6-8-16/h4-12,14-15,20,24H,13,22H2,1-3H3,(H,23,27)(H,25,26)/t15?,20-/m0/s1. The van der Waals surface area contributed by atoms with Gasteiger partial charge in [0, 0.05) is 17.4 Å². The van der Waals surface area contributed by atoms with Gasteiger partial charge in [0.15, 0.2) is 0 Å². The number of hydrogen-bond donors (Lipinski definition) is 4. The van der Waals surface area contributed by atoms with E-state index in [1.54, 1.807) is 0 Å². The van der Waals surface area contributed by atoms with Gasteiger partial charge in [-0.15, -0.1) is 0 Å². The average molecular weight is 368 g/mol. The van der Waals surface area contributed by atoms with Crippen LogP contribution in [0.15, 0.2) is 54.6 Å². The summed E-state index contributed by atoms with van der Waals surface area (Å²) >= 11 is 0. The van der Waals surface area contributed by atoms with Gasteiger partial charge in [0.2, 0.25) is 11.8 Å². The van der Waals surface area contributed by atoms with E-state index in [1.165, 1.54) is 5.56 Å². The van der Waals surface area contributed by atoms with E-state index in [1.807, 2.05) is 56.3 Å². The van der Waals surface area contributed by atoms with Gasteiger partial charge in [0.1, 0.15) is 0 Å². The summed E-state index contributed by atoms with van der Waals surface area (Å²) in [4.78, 5) is 23.8. The maximum absolute atomic E-state index is 12.0. The van der Waals surface area contributed by atoms with E-state index in [-0.39, 0.29) is 30.3 Å². The van der Waals surface area contributed by atoms with Crippen LogP contribution in [0.2, 0.25) is 0 Å². The van der Waals surface area contributed by atoms with Gasteiger partial charge in [-0.25, -0.2) is 0 Å². The van der Waals surface area contributed by atoms with Crippen molar-refractivity contribution < 1.29 is 9.59 Å². The van der Waals surface area contributed by atoms with Crippen molar-refractivity contribution in [1.82, 2.24) is 5.32 Å². The average Bonchev–Trinajstić information content (AvgIpc) is 2.67. The molecule has 2 rings (SSSR count). The Bertz CT molecular complexity index is 745. The van der Waals surface area contributed by atoms with Crippen LogP contribution in [0.5, 0.6) is 0 Å². The largest absolute Gasteiger partial charge is 0.379 e. The number of hydrogen-bond acceptors (Lipinski definition) is 4. The third-order valence-electron chi connectivity index (χ3n) is 4.30. The second-order valence-corrected chi connectivity index (χ2v) is 6.89. The minimum Gasteiger partial charge on any atom is -0.379 e. The molecule has 6 nitrogen and oxygen atoms in total. The van der Waals surface area contributed by atoms with Crippen molar-refractivity contribution in [3.8, 4) is 0 Å². The Morgan fingerprint density at radius 2 is 1.52 bits per heavy atom. The first-order chi connectivity index (χ1) is 12.9. The van der Waals surface area contributed by atoms with E-state index in [0.29, 0.717) is 5.69 Å². The van der Waals surface area contributed by atoms with Crippen molar-refractivity contribution >= 4 is 23.2 Å². The maximum Gasteiger partial charge on any atom is 0.243 e. The summed E-state index contributed by atoms with van der Waals surface area (Å²) in [7, 11) is 0. The number of anilines is 2. The van der Waals surface area contributed by atoms with Crippen LogP contribution in [0.25, 0.3) is 0 Å². The molecule has 1 unspecified atom stereocenters. The topological polar surface area (TPSA) is 96.2 Å². The molecule has 0 aliphatic carbocycles. The summed E-state index contributed by atoms with van der Waals surface area (Å²) in [5, 5.41) is 8.72. The number of carbonyl (C=O) groups is 2. The summed E-state index contributed by atoms with van der Waals surface area (Å²) in [5.41, 5.74) is 8.57. The van der Waals surface area contributed by atoms with E-state index in [9.17, 15) is 9.59 Å². The van der Waals surface area contributed by atoms with E-state index in [2.05, 4.69) is 35.0 Å². The zero-order valence-corrected chi connectivity index (χ0v) is 16.0. The summed E-state index contributed by atoms with van der Waals surface area (Å²) in [6.07, 6.45) is 0. The van der Waals surface area contributed by atoms with E-state index >= 15 is 0 Å². The van der Waals surface area contributed by atoms with Crippen LogP contribution in [-0.4, -0.2) is 24.4 Å². The minimum atomic E-state index is -0.616. The molecule has 27 heavy (non-hydrogen) atoms. The third-order valence-corrected chi connectivity index (χ3v) is 4.30. The van der Waals surface area contributed by atoms with Crippen molar-refractivity contribution in [3.05, 3.63) is 60.2 Å². The highest BCUT2D eigenvalue weighted by Gasteiger charge is 2.17. The Morgan fingerprint density at radius 3 is 2.11 bits per heavy atom. The molecule has 0 aliphatic heterocycles. The summed E-state index contributed by atoms with van der Waals surface area (Å²) in [6.45, 7) is 5.71. The normalized spacial score (nSPS) is 12.9. The van der Waals surface area contributed by atoms with E-state index in [0.717, 1.165) is 5.69 Å². The molecule has 0 aliphatic rings. The van der Waals surface area contributed by atoms with Crippen LogP contribution >= 0.6 is 0 Å². The molecule has 0 saturated carbocycles. The quantitative estimate of drug-likeness (QED) is 0.576. The number of nitrogens with two attached hydrogens (primary N) is 1. The fourth-order valence-electron chi connectivity index (χ4n) is 2.52. The Balaban J connectivity index is 1.83. The maximum atomic E-state index is 12.0. The fourth-order valence-corrected chi connectivity index (χ4v) is 2.52. The summed E-state index contributed by atoms with van der Waals surface area (Å²) in [6, 6.07) is 17.2. The number of benzene rings is 2. The predicted octanol–water partition coefficient (Wildman–Crippen LogP) is 2.90. The molecule has 2 aromatic carbocycles.